The van der Waals surface area contributed by atoms with E-state index in [0.29, 0.717) is 17.9 Å². The zero-order valence-corrected chi connectivity index (χ0v) is 12.1. The first kappa shape index (κ1) is 14.9. The maximum Gasteiger partial charge on any atom is 0.345 e. The van der Waals surface area contributed by atoms with Crippen molar-refractivity contribution in [2.24, 2.45) is 0 Å². The number of hydrogen-bond acceptors (Lipinski definition) is 3. The number of carbonyl (C=O) groups is 1. The summed E-state index contributed by atoms with van der Waals surface area (Å²) < 4.78 is 10.6. The van der Waals surface area contributed by atoms with E-state index in [-0.39, 0.29) is 0 Å². The van der Waals surface area contributed by atoms with Crippen LogP contribution in [-0.2, 0) is 11.2 Å². The number of carboxylic acids is 1. The second-order valence-electron chi connectivity index (χ2n) is 4.81. The van der Waals surface area contributed by atoms with Crippen molar-refractivity contribution in [1.82, 2.24) is 0 Å². The van der Waals surface area contributed by atoms with Crippen molar-refractivity contribution in [3.63, 3.8) is 0 Å². The van der Waals surface area contributed by atoms with Gasteiger partial charge >= 0.3 is 5.97 Å². The molecule has 0 fully saturated rings. The molecule has 0 unspecified atom stereocenters. The largest absolute Gasteiger partial charge is 0.497 e. The van der Waals surface area contributed by atoms with Crippen LogP contribution in [0.4, 0.5) is 0 Å². The highest BCUT2D eigenvalue weighted by Crippen LogP contribution is 2.19. The quantitative estimate of drug-likeness (QED) is 0.886. The lowest BCUT2D eigenvalue weighted by Crippen LogP contribution is -2.29. The van der Waals surface area contributed by atoms with E-state index in [0.717, 1.165) is 11.1 Å². The van der Waals surface area contributed by atoms with Crippen molar-refractivity contribution < 1.29 is 19.4 Å². The van der Waals surface area contributed by atoms with Gasteiger partial charge in [0.15, 0.2) is 6.10 Å². The maximum atomic E-state index is 11.4. The first-order valence-electron chi connectivity index (χ1n) is 6.67. The van der Waals surface area contributed by atoms with Crippen LogP contribution >= 0.6 is 0 Å². The molecular weight excluding hydrogens is 268 g/mol. The number of ether oxygens (including phenoxy) is 2. The molecular formula is C17H18O4. The Bertz CT molecular complexity index is 604. The van der Waals surface area contributed by atoms with E-state index in [1.807, 2.05) is 31.2 Å². The fourth-order valence-electron chi connectivity index (χ4n) is 2.05. The van der Waals surface area contributed by atoms with Gasteiger partial charge in [-0.05, 0) is 36.8 Å². The van der Waals surface area contributed by atoms with Crippen LogP contribution in [-0.4, -0.2) is 24.3 Å². The van der Waals surface area contributed by atoms with Gasteiger partial charge in [-0.1, -0.05) is 29.8 Å². The predicted molar refractivity (Wildman–Crippen MR) is 79.9 cm³/mol. The number of aliphatic carboxylic acids is 1. The minimum atomic E-state index is -0.979. The molecule has 21 heavy (non-hydrogen) atoms. The van der Waals surface area contributed by atoms with Crippen LogP contribution in [0.2, 0.25) is 0 Å². The second kappa shape index (κ2) is 6.79. The van der Waals surface area contributed by atoms with E-state index in [9.17, 15) is 9.90 Å². The second-order valence-corrected chi connectivity index (χ2v) is 4.81. The number of carboxylic acid groups (broad SMARTS) is 1. The van der Waals surface area contributed by atoms with Gasteiger partial charge in [-0.15, -0.1) is 0 Å². The van der Waals surface area contributed by atoms with E-state index in [2.05, 4.69) is 0 Å². The van der Waals surface area contributed by atoms with Crippen molar-refractivity contribution in [2.45, 2.75) is 19.4 Å². The SMILES string of the molecule is COc1ccc(O[C@H](Cc2cccc(C)c2)C(=O)O)cc1. The molecule has 2 aromatic rings. The molecule has 0 saturated carbocycles. The molecule has 2 aromatic carbocycles. The van der Waals surface area contributed by atoms with Crippen LogP contribution in [0.5, 0.6) is 11.5 Å². The zero-order valence-electron chi connectivity index (χ0n) is 12.1. The minimum Gasteiger partial charge on any atom is -0.497 e. The highest BCUT2D eigenvalue weighted by atomic mass is 16.5. The van der Waals surface area contributed by atoms with Crippen molar-refractivity contribution >= 4 is 5.97 Å². The molecule has 0 aliphatic carbocycles. The number of benzene rings is 2. The number of hydrogen-bond donors (Lipinski definition) is 1. The van der Waals surface area contributed by atoms with Gasteiger partial charge in [0.05, 0.1) is 7.11 Å². The molecule has 110 valence electrons. The van der Waals surface area contributed by atoms with Crippen LogP contribution in [0.1, 0.15) is 11.1 Å². The normalized spacial score (nSPS) is 11.7. The molecule has 0 heterocycles. The molecule has 4 nitrogen and oxygen atoms in total. The summed E-state index contributed by atoms with van der Waals surface area (Å²) in [6.07, 6.45) is -0.594. The van der Waals surface area contributed by atoms with Crippen LogP contribution in [0, 0.1) is 6.92 Å². The summed E-state index contributed by atoms with van der Waals surface area (Å²) in [5.41, 5.74) is 2.04. The van der Waals surface area contributed by atoms with Crippen molar-refractivity contribution in [1.29, 1.82) is 0 Å². The van der Waals surface area contributed by atoms with Gasteiger partial charge in [0.2, 0.25) is 0 Å². The number of aryl methyl sites for hydroxylation is 1. The van der Waals surface area contributed by atoms with Gasteiger partial charge in [0.1, 0.15) is 11.5 Å². The summed E-state index contributed by atoms with van der Waals surface area (Å²) in [6, 6.07) is 14.6. The fraction of sp³-hybridized carbons (Fsp3) is 0.235. The topological polar surface area (TPSA) is 55.8 Å². The molecule has 1 atom stereocenters. The summed E-state index contributed by atoms with van der Waals surface area (Å²) in [7, 11) is 1.58. The van der Waals surface area contributed by atoms with Crippen LogP contribution < -0.4 is 9.47 Å². The van der Waals surface area contributed by atoms with E-state index >= 15 is 0 Å². The van der Waals surface area contributed by atoms with Crippen LogP contribution in [0.25, 0.3) is 0 Å². The number of methoxy groups -OCH3 is 1. The third-order valence-electron chi connectivity index (χ3n) is 3.12. The standard InChI is InChI=1S/C17H18O4/c1-12-4-3-5-13(10-12)11-16(17(18)19)21-15-8-6-14(20-2)7-9-15/h3-10,16H,11H2,1-2H3,(H,18,19)/t16-/m1/s1. The maximum absolute atomic E-state index is 11.4. The Morgan fingerprint density at radius 2 is 1.81 bits per heavy atom. The third-order valence-corrected chi connectivity index (χ3v) is 3.12. The monoisotopic (exact) mass is 286 g/mol. The summed E-state index contributed by atoms with van der Waals surface area (Å²) in [4.78, 5) is 11.4. The van der Waals surface area contributed by atoms with Gasteiger partial charge in [-0.3, -0.25) is 0 Å². The van der Waals surface area contributed by atoms with Gasteiger partial charge in [0.25, 0.3) is 0 Å². The Balaban J connectivity index is 2.10. The zero-order chi connectivity index (χ0) is 15.2. The van der Waals surface area contributed by atoms with E-state index < -0.39 is 12.1 Å². The smallest absolute Gasteiger partial charge is 0.345 e. The lowest BCUT2D eigenvalue weighted by Gasteiger charge is -2.15. The molecule has 0 aliphatic rings. The molecule has 0 aliphatic heterocycles. The van der Waals surface area contributed by atoms with Gasteiger partial charge in [-0.25, -0.2) is 4.79 Å². The number of rotatable bonds is 6. The van der Waals surface area contributed by atoms with Gasteiger partial charge < -0.3 is 14.6 Å². The molecule has 0 radical (unpaired) electrons. The fourth-order valence-corrected chi connectivity index (χ4v) is 2.05. The Labute approximate surface area is 123 Å². The van der Waals surface area contributed by atoms with E-state index in [4.69, 9.17) is 9.47 Å². The minimum absolute atomic E-state index is 0.322. The van der Waals surface area contributed by atoms with Crippen LogP contribution in [0.15, 0.2) is 48.5 Å². The first-order chi connectivity index (χ1) is 10.1. The highest BCUT2D eigenvalue weighted by molar-refractivity contribution is 5.73. The van der Waals surface area contributed by atoms with Gasteiger partial charge in [-0.2, -0.15) is 0 Å². The molecule has 1 N–H and O–H groups in total. The Morgan fingerprint density at radius 1 is 1.14 bits per heavy atom. The molecule has 2 rings (SSSR count). The molecule has 0 aromatic heterocycles. The average Bonchev–Trinajstić information content (AvgIpc) is 2.47. The lowest BCUT2D eigenvalue weighted by molar-refractivity contribution is -0.145. The van der Waals surface area contributed by atoms with Crippen molar-refractivity contribution in [3.05, 3.63) is 59.7 Å². The van der Waals surface area contributed by atoms with E-state index in [1.54, 1.807) is 31.4 Å². The van der Waals surface area contributed by atoms with E-state index in [1.165, 1.54) is 0 Å². The highest BCUT2D eigenvalue weighted by Gasteiger charge is 2.20. The van der Waals surface area contributed by atoms with Gasteiger partial charge in [0, 0.05) is 6.42 Å². The average molecular weight is 286 g/mol. The van der Waals surface area contributed by atoms with Crippen LogP contribution in [0.3, 0.4) is 0 Å². The molecule has 0 saturated heterocycles. The first-order valence-corrected chi connectivity index (χ1v) is 6.67. The molecule has 0 spiro atoms. The summed E-state index contributed by atoms with van der Waals surface area (Å²) in [6.45, 7) is 1.98. The third kappa shape index (κ3) is 4.24. The lowest BCUT2D eigenvalue weighted by atomic mass is 10.1. The van der Waals surface area contributed by atoms with Crippen molar-refractivity contribution in [2.75, 3.05) is 7.11 Å². The Morgan fingerprint density at radius 3 is 2.38 bits per heavy atom. The predicted octanol–water partition coefficient (Wildman–Crippen LogP) is 3.08. The Kier molecular flexibility index (Phi) is 4.82. The van der Waals surface area contributed by atoms with Crippen molar-refractivity contribution in [3.8, 4) is 11.5 Å². The molecule has 0 bridgehead atoms. The summed E-state index contributed by atoms with van der Waals surface area (Å²) in [5.74, 6) is 0.232. The Hall–Kier alpha value is -2.49. The molecule has 4 heteroatoms. The molecule has 0 amide bonds. The summed E-state index contributed by atoms with van der Waals surface area (Å²) in [5, 5.41) is 9.32. The summed E-state index contributed by atoms with van der Waals surface area (Å²) >= 11 is 0.